The van der Waals surface area contributed by atoms with Crippen LogP contribution in [0.3, 0.4) is 0 Å². The van der Waals surface area contributed by atoms with Gasteiger partial charge in [-0.25, -0.2) is 0 Å². The van der Waals surface area contributed by atoms with E-state index >= 15 is 0 Å². The third kappa shape index (κ3) is 4.18. The zero-order valence-electron chi connectivity index (χ0n) is 17.8. The summed E-state index contributed by atoms with van der Waals surface area (Å²) in [5, 5.41) is 16.1. The molecule has 2 heterocycles. The minimum atomic E-state index is -0.330. The SMILES string of the molecule is Cc1ccc(NC(=O)c2ccc3c(c2)OCCO3)cc1NC(=O)c1cc2cc(O)ccc2[nH]1. The molecule has 4 N–H and O–H groups in total. The van der Waals surface area contributed by atoms with Gasteiger partial charge in [-0.15, -0.1) is 0 Å². The van der Waals surface area contributed by atoms with Crippen molar-refractivity contribution in [1.29, 1.82) is 0 Å². The van der Waals surface area contributed by atoms with Gasteiger partial charge in [-0.3, -0.25) is 9.59 Å². The summed E-state index contributed by atoms with van der Waals surface area (Å²) < 4.78 is 11.0. The highest BCUT2D eigenvalue weighted by Gasteiger charge is 2.16. The lowest BCUT2D eigenvalue weighted by atomic mass is 10.1. The number of hydrogen-bond acceptors (Lipinski definition) is 5. The summed E-state index contributed by atoms with van der Waals surface area (Å²) in [5.74, 6) is 0.654. The molecule has 1 aromatic heterocycles. The Morgan fingerprint density at radius 1 is 0.879 bits per heavy atom. The average Bonchev–Trinajstić information content (AvgIpc) is 3.24. The van der Waals surface area contributed by atoms with Gasteiger partial charge in [-0.05, 0) is 67.1 Å². The number of phenolic OH excluding ortho intramolecular Hbond substituents is 1. The lowest BCUT2D eigenvalue weighted by Crippen LogP contribution is -2.17. The van der Waals surface area contributed by atoms with Gasteiger partial charge in [0.1, 0.15) is 24.7 Å². The molecule has 8 heteroatoms. The Kier molecular flexibility index (Phi) is 5.10. The zero-order valence-corrected chi connectivity index (χ0v) is 17.8. The minimum Gasteiger partial charge on any atom is -0.508 e. The van der Waals surface area contributed by atoms with Crippen molar-refractivity contribution in [3.05, 3.63) is 77.5 Å². The van der Waals surface area contributed by atoms with Crippen LogP contribution < -0.4 is 20.1 Å². The number of benzene rings is 3. The smallest absolute Gasteiger partial charge is 0.272 e. The molecule has 4 aromatic rings. The summed E-state index contributed by atoms with van der Waals surface area (Å²) in [6, 6.07) is 16.9. The van der Waals surface area contributed by atoms with Gasteiger partial charge in [0, 0.05) is 27.8 Å². The average molecular weight is 443 g/mol. The maximum absolute atomic E-state index is 12.8. The second kappa shape index (κ2) is 8.23. The lowest BCUT2D eigenvalue weighted by Gasteiger charge is -2.18. The molecule has 0 fully saturated rings. The number of aromatic amines is 1. The summed E-state index contributed by atoms with van der Waals surface area (Å²) in [6.45, 7) is 2.79. The Balaban J connectivity index is 1.33. The molecule has 0 unspecified atom stereocenters. The van der Waals surface area contributed by atoms with Crippen LogP contribution in [0.25, 0.3) is 10.9 Å². The Labute approximate surface area is 189 Å². The summed E-state index contributed by atoms with van der Waals surface area (Å²) in [6.07, 6.45) is 0. The molecule has 8 nitrogen and oxygen atoms in total. The van der Waals surface area contributed by atoms with Crippen LogP contribution in [0, 0.1) is 6.92 Å². The van der Waals surface area contributed by atoms with Crippen LogP contribution in [0.4, 0.5) is 11.4 Å². The van der Waals surface area contributed by atoms with Crippen LogP contribution in [0.1, 0.15) is 26.4 Å². The number of aromatic hydroxyl groups is 1. The molecule has 166 valence electrons. The quantitative estimate of drug-likeness (QED) is 0.372. The molecule has 3 aromatic carbocycles. The van der Waals surface area contributed by atoms with Crippen LogP contribution >= 0.6 is 0 Å². The summed E-state index contributed by atoms with van der Waals surface area (Å²) in [7, 11) is 0. The zero-order chi connectivity index (χ0) is 22.9. The number of aromatic nitrogens is 1. The predicted octanol–water partition coefficient (Wildman–Crippen LogP) is 4.46. The fourth-order valence-electron chi connectivity index (χ4n) is 3.65. The molecule has 0 aliphatic carbocycles. The Hall–Kier alpha value is -4.46. The maximum Gasteiger partial charge on any atom is 0.272 e. The second-order valence-electron chi connectivity index (χ2n) is 7.75. The largest absolute Gasteiger partial charge is 0.508 e. The van der Waals surface area contributed by atoms with Crippen LogP contribution in [-0.2, 0) is 0 Å². The molecule has 0 spiro atoms. The van der Waals surface area contributed by atoms with Crippen molar-refractivity contribution in [3.63, 3.8) is 0 Å². The maximum atomic E-state index is 12.8. The third-order valence-corrected chi connectivity index (χ3v) is 5.40. The normalized spacial score (nSPS) is 12.4. The first-order valence-electron chi connectivity index (χ1n) is 10.4. The molecule has 2 amide bonds. The number of amides is 2. The number of hydrogen-bond donors (Lipinski definition) is 4. The number of aryl methyl sites for hydroxylation is 1. The first kappa shape index (κ1) is 20.4. The van der Waals surface area contributed by atoms with Gasteiger partial charge in [0.25, 0.3) is 11.8 Å². The number of fused-ring (bicyclic) bond motifs is 2. The van der Waals surface area contributed by atoms with E-state index in [0.29, 0.717) is 47.3 Å². The molecule has 5 rings (SSSR count). The van der Waals surface area contributed by atoms with E-state index in [9.17, 15) is 14.7 Å². The highest BCUT2D eigenvalue weighted by Crippen LogP contribution is 2.31. The molecule has 1 aliphatic heterocycles. The van der Waals surface area contributed by atoms with E-state index < -0.39 is 0 Å². The summed E-state index contributed by atoms with van der Waals surface area (Å²) in [4.78, 5) is 28.6. The monoisotopic (exact) mass is 443 g/mol. The van der Waals surface area contributed by atoms with Gasteiger partial charge in [-0.2, -0.15) is 0 Å². The molecule has 1 aliphatic rings. The second-order valence-corrected chi connectivity index (χ2v) is 7.75. The van der Waals surface area contributed by atoms with Crippen molar-refractivity contribution in [2.75, 3.05) is 23.8 Å². The van der Waals surface area contributed by atoms with E-state index in [4.69, 9.17) is 9.47 Å². The van der Waals surface area contributed by atoms with Gasteiger partial charge in [0.05, 0.1) is 0 Å². The molecule has 33 heavy (non-hydrogen) atoms. The number of carbonyl (C=O) groups excluding carboxylic acids is 2. The number of phenols is 1. The number of ether oxygens (including phenoxy) is 2. The van der Waals surface area contributed by atoms with E-state index in [1.54, 1.807) is 54.6 Å². The highest BCUT2D eigenvalue weighted by atomic mass is 16.6. The fourth-order valence-corrected chi connectivity index (χ4v) is 3.65. The Morgan fingerprint density at radius 3 is 2.55 bits per heavy atom. The third-order valence-electron chi connectivity index (χ3n) is 5.40. The van der Waals surface area contributed by atoms with Gasteiger partial charge in [0.2, 0.25) is 0 Å². The standard InChI is InChI=1S/C25H21N3O5/c1-14-2-4-17(26-24(30)15-3-7-22-23(12-15)33-9-8-32-22)13-20(14)28-25(31)21-11-16-10-18(29)5-6-19(16)27-21/h2-7,10-13,27,29H,8-9H2,1H3,(H,26,30)(H,28,31). The molecule has 0 bridgehead atoms. The molecule has 0 saturated heterocycles. The van der Waals surface area contributed by atoms with Crippen LogP contribution in [0.2, 0.25) is 0 Å². The molecular formula is C25H21N3O5. The van der Waals surface area contributed by atoms with Crippen molar-refractivity contribution in [1.82, 2.24) is 4.98 Å². The fraction of sp³-hybridized carbons (Fsp3) is 0.120. The number of H-pyrrole nitrogens is 1. The number of rotatable bonds is 4. The van der Waals surface area contributed by atoms with E-state index in [2.05, 4.69) is 15.6 Å². The van der Waals surface area contributed by atoms with Crippen molar-refractivity contribution in [2.24, 2.45) is 0 Å². The van der Waals surface area contributed by atoms with Gasteiger partial charge < -0.3 is 30.2 Å². The number of anilines is 2. The van der Waals surface area contributed by atoms with E-state index in [0.717, 1.165) is 16.5 Å². The number of carbonyl (C=O) groups is 2. The Bertz CT molecular complexity index is 1390. The first-order valence-corrected chi connectivity index (χ1v) is 10.4. The van der Waals surface area contributed by atoms with Crippen molar-refractivity contribution in [3.8, 4) is 17.2 Å². The minimum absolute atomic E-state index is 0.130. The van der Waals surface area contributed by atoms with E-state index in [-0.39, 0.29) is 17.6 Å². The van der Waals surface area contributed by atoms with Crippen LogP contribution in [0.5, 0.6) is 17.2 Å². The van der Waals surface area contributed by atoms with Gasteiger partial charge >= 0.3 is 0 Å². The number of nitrogens with one attached hydrogen (secondary N) is 3. The van der Waals surface area contributed by atoms with Crippen molar-refractivity contribution < 1.29 is 24.2 Å². The van der Waals surface area contributed by atoms with Crippen molar-refractivity contribution >= 4 is 34.1 Å². The molecule has 0 saturated carbocycles. The van der Waals surface area contributed by atoms with E-state index in [1.165, 1.54) is 0 Å². The molecular weight excluding hydrogens is 422 g/mol. The van der Waals surface area contributed by atoms with Crippen LogP contribution in [-0.4, -0.2) is 35.1 Å². The van der Waals surface area contributed by atoms with E-state index in [1.807, 2.05) is 13.0 Å². The molecule has 0 radical (unpaired) electrons. The Morgan fingerprint density at radius 2 is 1.70 bits per heavy atom. The lowest BCUT2D eigenvalue weighted by molar-refractivity contribution is 0.101. The predicted molar refractivity (Wildman–Crippen MR) is 124 cm³/mol. The summed E-state index contributed by atoms with van der Waals surface area (Å²) >= 11 is 0. The summed E-state index contributed by atoms with van der Waals surface area (Å²) in [5.41, 5.74) is 3.50. The van der Waals surface area contributed by atoms with Gasteiger partial charge in [0.15, 0.2) is 11.5 Å². The van der Waals surface area contributed by atoms with Crippen molar-refractivity contribution in [2.45, 2.75) is 6.92 Å². The van der Waals surface area contributed by atoms with Gasteiger partial charge in [-0.1, -0.05) is 6.07 Å². The van der Waals surface area contributed by atoms with Crippen LogP contribution in [0.15, 0.2) is 60.7 Å². The molecule has 0 atom stereocenters. The first-order chi connectivity index (χ1) is 16.0. The topological polar surface area (TPSA) is 113 Å². The highest BCUT2D eigenvalue weighted by molar-refractivity contribution is 6.08.